The van der Waals surface area contributed by atoms with Crippen molar-refractivity contribution < 1.29 is 18.0 Å². The molecule has 1 amide bonds. The molecule has 2 aromatic rings. The molecule has 0 aliphatic rings. The average Bonchev–Trinajstić information content (AvgIpc) is 2.49. The van der Waals surface area contributed by atoms with E-state index in [4.69, 9.17) is 12.2 Å². The topological polar surface area (TPSA) is 41.1 Å². The van der Waals surface area contributed by atoms with Gasteiger partial charge in [-0.25, -0.2) is 0 Å². The molecule has 0 aliphatic heterocycles. The van der Waals surface area contributed by atoms with Crippen molar-refractivity contribution in [2.75, 3.05) is 5.32 Å². The highest BCUT2D eigenvalue weighted by Gasteiger charge is 2.30. The van der Waals surface area contributed by atoms with Gasteiger partial charge in [0.05, 0.1) is 12.0 Å². The van der Waals surface area contributed by atoms with E-state index >= 15 is 0 Å². The Hall–Kier alpha value is -2.41. The van der Waals surface area contributed by atoms with Gasteiger partial charge in [-0.15, -0.1) is 0 Å². The van der Waals surface area contributed by atoms with Crippen molar-refractivity contribution in [2.45, 2.75) is 19.5 Å². The molecule has 24 heavy (non-hydrogen) atoms. The van der Waals surface area contributed by atoms with Gasteiger partial charge in [0.25, 0.3) is 0 Å². The number of anilines is 1. The largest absolute Gasteiger partial charge is 0.416 e. The maximum Gasteiger partial charge on any atom is 0.416 e. The summed E-state index contributed by atoms with van der Waals surface area (Å²) in [6.45, 7) is 1.89. The average molecular weight is 352 g/mol. The van der Waals surface area contributed by atoms with E-state index in [9.17, 15) is 18.0 Å². The summed E-state index contributed by atoms with van der Waals surface area (Å²) in [4.78, 5) is 12.0. The number of benzene rings is 2. The van der Waals surface area contributed by atoms with Gasteiger partial charge < -0.3 is 10.6 Å². The lowest BCUT2D eigenvalue weighted by Gasteiger charge is -2.12. The van der Waals surface area contributed by atoms with Crippen LogP contribution in [0.2, 0.25) is 0 Å². The number of carbonyl (C=O) groups is 1. The molecular weight excluding hydrogens is 337 g/mol. The first-order chi connectivity index (χ1) is 11.3. The van der Waals surface area contributed by atoms with E-state index in [1.807, 2.05) is 31.2 Å². The molecular formula is C17H15F3N2OS. The Morgan fingerprint density at radius 2 is 1.83 bits per heavy atom. The van der Waals surface area contributed by atoms with Crippen LogP contribution in [-0.2, 0) is 17.4 Å². The summed E-state index contributed by atoms with van der Waals surface area (Å²) in [5.41, 5.74) is 1.20. The maximum atomic E-state index is 12.7. The first-order valence-corrected chi connectivity index (χ1v) is 7.49. The van der Waals surface area contributed by atoms with Crippen LogP contribution < -0.4 is 10.6 Å². The second-order valence-electron chi connectivity index (χ2n) is 5.18. The zero-order valence-corrected chi connectivity index (χ0v) is 13.6. The Kier molecular flexibility index (Phi) is 5.56. The van der Waals surface area contributed by atoms with Gasteiger partial charge in [-0.2, -0.15) is 13.2 Å². The number of aryl methyl sites for hydroxylation is 1. The summed E-state index contributed by atoms with van der Waals surface area (Å²) in [5.74, 6) is -0.339. The number of carbonyl (C=O) groups excluding carboxylic acids is 1. The van der Waals surface area contributed by atoms with E-state index in [0.29, 0.717) is 0 Å². The molecule has 0 unspecified atom stereocenters. The van der Waals surface area contributed by atoms with Crippen molar-refractivity contribution >= 4 is 28.9 Å². The van der Waals surface area contributed by atoms with Crippen LogP contribution in [0, 0.1) is 6.92 Å². The number of hydrogen-bond acceptors (Lipinski definition) is 2. The van der Waals surface area contributed by atoms with Crippen LogP contribution in [0.1, 0.15) is 16.7 Å². The molecule has 3 nitrogen and oxygen atoms in total. The van der Waals surface area contributed by atoms with Crippen molar-refractivity contribution in [2.24, 2.45) is 0 Å². The lowest BCUT2D eigenvalue weighted by Crippen LogP contribution is -2.35. The molecule has 2 rings (SSSR count). The van der Waals surface area contributed by atoms with Gasteiger partial charge in [0.2, 0.25) is 5.91 Å². The number of alkyl halides is 3. The first-order valence-electron chi connectivity index (χ1n) is 7.08. The summed E-state index contributed by atoms with van der Waals surface area (Å²) in [6.07, 6.45) is -4.30. The van der Waals surface area contributed by atoms with Gasteiger partial charge in [-0.1, -0.05) is 30.3 Å². The molecule has 0 atom stereocenters. The van der Waals surface area contributed by atoms with Crippen LogP contribution in [0.3, 0.4) is 0 Å². The molecule has 0 aromatic heterocycles. The Balaban J connectivity index is 1.96. The van der Waals surface area contributed by atoms with Gasteiger partial charge in [0.15, 0.2) is 5.11 Å². The molecule has 2 N–H and O–H groups in total. The summed E-state index contributed by atoms with van der Waals surface area (Å²) >= 11 is 4.97. The van der Waals surface area contributed by atoms with Crippen LogP contribution in [0.4, 0.5) is 18.9 Å². The minimum atomic E-state index is -4.44. The molecule has 0 heterocycles. The number of nitrogens with one attached hydrogen (secondary N) is 2. The third-order valence-corrected chi connectivity index (χ3v) is 3.52. The number of rotatable bonds is 3. The van der Waals surface area contributed by atoms with Gasteiger partial charge in [0, 0.05) is 5.69 Å². The van der Waals surface area contributed by atoms with Crippen LogP contribution in [0.5, 0.6) is 0 Å². The van der Waals surface area contributed by atoms with Crippen LogP contribution >= 0.6 is 12.2 Å². The number of thiocarbonyl (C=S) groups is 1. The summed E-state index contributed by atoms with van der Waals surface area (Å²) in [6, 6.07) is 12.0. The van der Waals surface area contributed by atoms with E-state index in [1.165, 1.54) is 12.1 Å². The maximum absolute atomic E-state index is 12.7. The third kappa shape index (κ3) is 5.06. The Morgan fingerprint density at radius 3 is 2.50 bits per heavy atom. The Morgan fingerprint density at radius 1 is 1.12 bits per heavy atom. The third-order valence-electron chi connectivity index (χ3n) is 3.31. The lowest BCUT2D eigenvalue weighted by atomic mass is 10.1. The minimum Gasteiger partial charge on any atom is -0.332 e. The first kappa shape index (κ1) is 17.9. The molecule has 0 fully saturated rings. The molecule has 0 radical (unpaired) electrons. The standard InChI is InChI=1S/C17H15F3N2OS/c1-11-5-2-3-6-12(11)9-15(23)22-16(24)21-14-8-4-7-13(10-14)17(18,19)20/h2-8,10H,9H2,1H3,(H2,21,22,23,24). The van der Waals surface area contributed by atoms with Crippen LogP contribution in [0.25, 0.3) is 0 Å². The fourth-order valence-corrected chi connectivity index (χ4v) is 2.32. The minimum absolute atomic E-state index is 0.0482. The molecule has 0 saturated carbocycles. The fourth-order valence-electron chi connectivity index (χ4n) is 2.09. The highest BCUT2D eigenvalue weighted by molar-refractivity contribution is 7.80. The van der Waals surface area contributed by atoms with Crippen molar-refractivity contribution in [3.05, 3.63) is 65.2 Å². The highest BCUT2D eigenvalue weighted by Crippen LogP contribution is 2.30. The Bertz CT molecular complexity index is 759. The number of hydrogen-bond donors (Lipinski definition) is 2. The summed E-state index contributed by atoms with van der Waals surface area (Å²) < 4.78 is 38.0. The SMILES string of the molecule is Cc1ccccc1CC(=O)NC(=S)Nc1cccc(C(F)(F)F)c1. The molecule has 0 saturated heterocycles. The molecule has 7 heteroatoms. The van der Waals surface area contributed by atoms with Crippen LogP contribution in [-0.4, -0.2) is 11.0 Å². The summed E-state index contributed by atoms with van der Waals surface area (Å²) in [5, 5.41) is 5.00. The van der Waals surface area contributed by atoms with E-state index in [0.717, 1.165) is 23.3 Å². The van der Waals surface area contributed by atoms with Crippen molar-refractivity contribution in [3.8, 4) is 0 Å². The van der Waals surface area contributed by atoms with Gasteiger partial charge in [0.1, 0.15) is 0 Å². The highest BCUT2D eigenvalue weighted by atomic mass is 32.1. The number of amides is 1. The van der Waals surface area contributed by atoms with E-state index in [2.05, 4.69) is 10.6 Å². The molecule has 0 spiro atoms. The zero-order chi connectivity index (χ0) is 17.7. The second-order valence-corrected chi connectivity index (χ2v) is 5.59. The summed E-state index contributed by atoms with van der Waals surface area (Å²) in [7, 11) is 0. The van der Waals surface area contributed by atoms with Gasteiger partial charge in [-0.05, 0) is 48.5 Å². The monoisotopic (exact) mass is 352 g/mol. The predicted octanol–water partition coefficient (Wildman–Crippen LogP) is 4.07. The van der Waals surface area contributed by atoms with Crippen molar-refractivity contribution in [1.29, 1.82) is 0 Å². The molecule has 2 aromatic carbocycles. The normalized spacial score (nSPS) is 11.0. The Labute approximate surface area is 142 Å². The smallest absolute Gasteiger partial charge is 0.332 e. The zero-order valence-electron chi connectivity index (χ0n) is 12.8. The van der Waals surface area contributed by atoms with Gasteiger partial charge in [-0.3, -0.25) is 4.79 Å². The lowest BCUT2D eigenvalue weighted by molar-refractivity contribution is -0.137. The van der Waals surface area contributed by atoms with E-state index < -0.39 is 11.7 Å². The number of halogens is 3. The fraction of sp³-hybridized carbons (Fsp3) is 0.176. The molecule has 0 aliphatic carbocycles. The molecule has 126 valence electrons. The predicted molar refractivity (Wildman–Crippen MR) is 90.7 cm³/mol. The van der Waals surface area contributed by atoms with Crippen LogP contribution in [0.15, 0.2) is 48.5 Å². The van der Waals surface area contributed by atoms with Crippen molar-refractivity contribution in [1.82, 2.24) is 5.32 Å². The molecule has 0 bridgehead atoms. The quantitative estimate of drug-likeness (QED) is 0.818. The van der Waals surface area contributed by atoms with E-state index in [-0.39, 0.29) is 23.1 Å². The van der Waals surface area contributed by atoms with Crippen molar-refractivity contribution in [3.63, 3.8) is 0 Å². The second kappa shape index (κ2) is 7.44. The van der Waals surface area contributed by atoms with Gasteiger partial charge >= 0.3 is 6.18 Å². The van der Waals surface area contributed by atoms with E-state index in [1.54, 1.807) is 0 Å².